The lowest BCUT2D eigenvalue weighted by atomic mass is 10.0. The van der Waals surface area contributed by atoms with E-state index in [4.69, 9.17) is 0 Å². The third kappa shape index (κ3) is 2.55. The van der Waals surface area contributed by atoms with E-state index in [0.717, 1.165) is 35.1 Å². The summed E-state index contributed by atoms with van der Waals surface area (Å²) in [6.45, 7) is 3.09. The number of hydrogen-bond acceptors (Lipinski definition) is 5. The van der Waals surface area contributed by atoms with E-state index in [9.17, 15) is 0 Å². The molecule has 1 atom stereocenters. The summed E-state index contributed by atoms with van der Waals surface area (Å²) in [5, 5.41) is 4.69. The first kappa shape index (κ1) is 13.1. The summed E-state index contributed by atoms with van der Waals surface area (Å²) in [4.78, 5) is 4.54. The number of hydrogen-bond donors (Lipinski definition) is 1. The van der Waals surface area contributed by atoms with Crippen molar-refractivity contribution in [1.82, 2.24) is 19.0 Å². The summed E-state index contributed by atoms with van der Waals surface area (Å²) in [6.07, 6.45) is 4.74. The Morgan fingerprint density at radius 3 is 2.95 bits per heavy atom. The van der Waals surface area contributed by atoms with Crippen molar-refractivity contribution in [2.24, 2.45) is 0 Å². The molecule has 2 aromatic heterocycles. The number of aromatic nitrogens is 3. The molecule has 5 heteroatoms. The third-order valence-corrected chi connectivity index (χ3v) is 3.74. The number of benzene rings is 1. The SMILES string of the molecule is CCCNC(c1cnsn1)c1cccc2cccnc12. The molecule has 2 heterocycles. The third-order valence-electron chi connectivity index (χ3n) is 3.25. The number of rotatable bonds is 5. The normalized spacial score (nSPS) is 12.7. The van der Waals surface area contributed by atoms with E-state index in [1.807, 2.05) is 18.5 Å². The monoisotopic (exact) mass is 284 g/mol. The summed E-state index contributed by atoms with van der Waals surface area (Å²) in [7, 11) is 0. The van der Waals surface area contributed by atoms with Crippen LogP contribution in [0.4, 0.5) is 0 Å². The van der Waals surface area contributed by atoms with Crippen molar-refractivity contribution in [1.29, 1.82) is 0 Å². The quantitative estimate of drug-likeness (QED) is 0.782. The van der Waals surface area contributed by atoms with Crippen molar-refractivity contribution in [3.63, 3.8) is 0 Å². The fourth-order valence-electron chi connectivity index (χ4n) is 2.32. The highest BCUT2D eigenvalue weighted by atomic mass is 32.1. The molecule has 3 rings (SSSR count). The number of nitrogens with zero attached hydrogens (tertiary/aromatic N) is 3. The molecular weight excluding hydrogens is 268 g/mol. The fraction of sp³-hybridized carbons (Fsp3) is 0.267. The Hall–Kier alpha value is -1.85. The lowest BCUT2D eigenvalue weighted by molar-refractivity contribution is 0.592. The van der Waals surface area contributed by atoms with Crippen LogP contribution >= 0.6 is 11.7 Å². The zero-order valence-electron chi connectivity index (χ0n) is 11.3. The van der Waals surface area contributed by atoms with Crippen LogP contribution in [0.2, 0.25) is 0 Å². The second-order valence-electron chi connectivity index (χ2n) is 4.64. The predicted molar refractivity (Wildman–Crippen MR) is 81.8 cm³/mol. The molecule has 0 spiro atoms. The van der Waals surface area contributed by atoms with Gasteiger partial charge in [-0.05, 0) is 19.0 Å². The Labute approximate surface area is 122 Å². The van der Waals surface area contributed by atoms with Crippen LogP contribution in [0.25, 0.3) is 10.9 Å². The first-order chi connectivity index (χ1) is 9.90. The molecule has 0 bridgehead atoms. The summed E-state index contributed by atoms with van der Waals surface area (Å²) in [5.74, 6) is 0. The van der Waals surface area contributed by atoms with Crippen LogP contribution in [0.5, 0.6) is 0 Å². The van der Waals surface area contributed by atoms with Gasteiger partial charge >= 0.3 is 0 Å². The molecule has 0 amide bonds. The Morgan fingerprint density at radius 1 is 1.25 bits per heavy atom. The predicted octanol–water partition coefficient (Wildman–Crippen LogP) is 3.18. The zero-order chi connectivity index (χ0) is 13.8. The van der Waals surface area contributed by atoms with Crippen LogP contribution in [-0.2, 0) is 0 Å². The van der Waals surface area contributed by atoms with Crippen molar-refractivity contribution in [2.75, 3.05) is 6.54 Å². The maximum absolute atomic E-state index is 4.54. The van der Waals surface area contributed by atoms with E-state index in [1.165, 1.54) is 11.7 Å². The van der Waals surface area contributed by atoms with Crippen LogP contribution in [0, 0.1) is 0 Å². The van der Waals surface area contributed by atoms with Crippen molar-refractivity contribution in [3.8, 4) is 0 Å². The minimum atomic E-state index is 0.0484. The van der Waals surface area contributed by atoms with E-state index >= 15 is 0 Å². The van der Waals surface area contributed by atoms with Gasteiger partial charge in [-0.2, -0.15) is 8.75 Å². The number of fused-ring (bicyclic) bond motifs is 1. The van der Waals surface area contributed by atoms with Gasteiger partial charge in [0.15, 0.2) is 0 Å². The summed E-state index contributed by atoms with van der Waals surface area (Å²) >= 11 is 1.24. The molecule has 4 nitrogen and oxygen atoms in total. The van der Waals surface area contributed by atoms with Gasteiger partial charge in [0.2, 0.25) is 0 Å². The van der Waals surface area contributed by atoms with Gasteiger partial charge in [-0.15, -0.1) is 0 Å². The van der Waals surface area contributed by atoms with Crippen molar-refractivity contribution >= 4 is 22.6 Å². The number of nitrogens with one attached hydrogen (secondary N) is 1. The van der Waals surface area contributed by atoms with Crippen molar-refractivity contribution < 1.29 is 0 Å². The van der Waals surface area contributed by atoms with E-state index in [1.54, 1.807) is 0 Å². The Kier molecular flexibility index (Phi) is 3.99. The molecular formula is C15H16N4S. The standard InChI is InChI=1S/C15H16N4S/c1-2-8-16-15(13-10-18-20-19-13)12-7-3-5-11-6-4-9-17-14(11)12/h3-7,9-10,15-16H,2,8H2,1H3. The highest BCUT2D eigenvalue weighted by Crippen LogP contribution is 2.26. The highest BCUT2D eigenvalue weighted by Gasteiger charge is 2.18. The number of pyridine rings is 1. The zero-order valence-corrected chi connectivity index (χ0v) is 12.1. The number of para-hydroxylation sites is 1. The maximum Gasteiger partial charge on any atom is 0.0958 e. The van der Waals surface area contributed by atoms with E-state index in [-0.39, 0.29) is 6.04 Å². The molecule has 0 saturated heterocycles. The van der Waals surface area contributed by atoms with E-state index in [0.29, 0.717) is 0 Å². The molecule has 1 unspecified atom stereocenters. The van der Waals surface area contributed by atoms with Gasteiger partial charge in [0.1, 0.15) is 0 Å². The molecule has 102 valence electrons. The maximum atomic E-state index is 4.54. The molecule has 0 aliphatic heterocycles. The van der Waals surface area contributed by atoms with E-state index < -0.39 is 0 Å². The first-order valence-electron chi connectivity index (χ1n) is 6.74. The minimum Gasteiger partial charge on any atom is -0.305 e. The highest BCUT2D eigenvalue weighted by molar-refractivity contribution is 6.99. The van der Waals surface area contributed by atoms with Crippen LogP contribution in [0.1, 0.15) is 30.6 Å². The Bertz CT molecular complexity index is 676. The van der Waals surface area contributed by atoms with Gasteiger partial charge in [-0.1, -0.05) is 31.2 Å². The summed E-state index contributed by atoms with van der Waals surface area (Å²) < 4.78 is 8.52. The molecule has 0 aliphatic carbocycles. The van der Waals surface area contributed by atoms with Gasteiger partial charge in [0.05, 0.1) is 35.2 Å². The van der Waals surface area contributed by atoms with Crippen LogP contribution in [0.15, 0.2) is 42.7 Å². The molecule has 1 N–H and O–H groups in total. The average Bonchev–Trinajstić information content (AvgIpc) is 3.02. The first-order valence-corrected chi connectivity index (χ1v) is 7.47. The molecule has 0 aliphatic rings. The van der Waals surface area contributed by atoms with Crippen molar-refractivity contribution in [2.45, 2.75) is 19.4 Å². The van der Waals surface area contributed by atoms with Crippen LogP contribution in [-0.4, -0.2) is 20.3 Å². The van der Waals surface area contributed by atoms with Crippen LogP contribution < -0.4 is 5.32 Å². The lowest BCUT2D eigenvalue weighted by Crippen LogP contribution is -2.23. The largest absolute Gasteiger partial charge is 0.305 e. The topological polar surface area (TPSA) is 50.7 Å². The molecule has 0 fully saturated rings. The molecule has 3 aromatic rings. The molecule has 0 saturated carbocycles. The lowest BCUT2D eigenvalue weighted by Gasteiger charge is -2.18. The van der Waals surface area contributed by atoms with Gasteiger partial charge < -0.3 is 5.32 Å². The molecule has 1 aromatic carbocycles. The summed E-state index contributed by atoms with van der Waals surface area (Å²) in [5.41, 5.74) is 3.14. The van der Waals surface area contributed by atoms with Gasteiger partial charge in [0, 0.05) is 17.1 Å². The fourth-order valence-corrected chi connectivity index (χ4v) is 2.77. The molecule has 0 radical (unpaired) electrons. The minimum absolute atomic E-state index is 0.0484. The Morgan fingerprint density at radius 2 is 2.15 bits per heavy atom. The second-order valence-corrected chi connectivity index (χ2v) is 5.20. The van der Waals surface area contributed by atoms with E-state index in [2.05, 4.69) is 50.2 Å². The molecule has 20 heavy (non-hydrogen) atoms. The van der Waals surface area contributed by atoms with Gasteiger partial charge in [-0.25, -0.2) is 0 Å². The van der Waals surface area contributed by atoms with Gasteiger partial charge in [0.25, 0.3) is 0 Å². The smallest absolute Gasteiger partial charge is 0.0958 e. The van der Waals surface area contributed by atoms with Crippen molar-refractivity contribution in [3.05, 3.63) is 54.0 Å². The average molecular weight is 284 g/mol. The summed E-state index contributed by atoms with van der Waals surface area (Å²) in [6, 6.07) is 10.4. The van der Waals surface area contributed by atoms with Crippen LogP contribution in [0.3, 0.4) is 0 Å². The second kappa shape index (κ2) is 6.07. The van der Waals surface area contributed by atoms with Gasteiger partial charge in [-0.3, -0.25) is 4.98 Å². The Balaban J connectivity index is 2.09.